The van der Waals surface area contributed by atoms with E-state index >= 15 is 0 Å². The van der Waals surface area contributed by atoms with Crippen molar-refractivity contribution < 1.29 is 8.42 Å². The largest absolute Gasteiger partial charge is 0.363 e. The molecule has 134 valence electrons. The predicted molar refractivity (Wildman–Crippen MR) is 100 cm³/mol. The summed E-state index contributed by atoms with van der Waals surface area (Å²) >= 11 is 0. The summed E-state index contributed by atoms with van der Waals surface area (Å²) in [6, 6.07) is 8.99. The molecule has 2 aromatic rings. The molecule has 1 atom stereocenters. The molecule has 0 amide bonds. The van der Waals surface area contributed by atoms with E-state index < -0.39 is 10.0 Å². The maximum atomic E-state index is 13.1. The number of benzene rings is 1. The number of nitrogens with zero attached hydrogens (tertiary/aromatic N) is 3. The van der Waals surface area contributed by atoms with Crippen molar-refractivity contribution in [3.63, 3.8) is 0 Å². The van der Waals surface area contributed by atoms with Crippen LogP contribution in [0.3, 0.4) is 0 Å². The Balaban J connectivity index is 1.95. The lowest BCUT2D eigenvalue weighted by Crippen LogP contribution is -2.31. The van der Waals surface area contributed by atoms with Crippen molar-refractivity contribution in [3.05, 3.63) is 53.2 Å². The smallest absolute Gasteiger partial charge is 0.243 e. The molecule has 0 radical (unpaired) electrons. The molecule has 3 rings (SSSR count). The Bertz CT molecular complexity index is 861. The number of hydrogen-bond acceptors (Lipinski definition) is 4. The predicted octanol–water partition coefficient (Wildman–Crippen LogP) is 3.29. The SMILES string of the molecule is Cc1ccc(S(=O)(=O)N2CCC[C@H]2c2cnc(N(C)C)c(C)c2)cc1. The third-order valence-corrected chi connectivity index (χ3v) is 6.63. The summed E-state index contributed by atoms with van der Waals surface area (Å²) in [4.78, 5) is 6.86. The van der Waals surface area contributed by atoms with Gasteiger partial charge in [-0.15, -0.1) is 0 Å². The number of anilines is 1. The first-order valence-corrected chi connectivity index (χ1v) is 9.97. The first kappa shape index (κ1) is 17.9. The third kappa shape index (κ3) is 3.41. The minimum absolute atomic E-state index is 0.145. The monoisotopic (exact) mass is 359 g/mol. The van der Waals surface area contributed by atoms with Gasteiger partial charge in [-0.25, -0.2) is 13.4 Å². The van der Waals surface area contributed by atoms with Crippen LogP contribution in [0.2, 0.25) is 0 Å². The van der Waals surface area contributed by atoms with Gasteiger partial charge in [-0.05, 0) is 56.0 Å². The van der Waals surface area contributed by atoms with Gasteiger partial charge < -0.3 is 4.90 Å². The van der Waals surface area contributed by atoms with E-state index in [-0.39, 0.29) is 6.04 Å². The maximum Gasteiger partial charge on any atom is 0.243 e. The minimum atomic E-state index is -3.50. The number of sulfonamides is 1. The second-order valence-electron chi connectivity index (χ2n) is 6.89. The highest BCUT2D eigenvalue weighted by atomic mass is 32.2. The topological polar surface area (TPSA) is 53.5 Å². The Hall–Kier alpha value is -1.92. The zero-order valence-corrected chi connectivity index (χ0v) is 16.0. The molecule has 2 heterocycles. The van der Waals surface area contributed by atoms with E-state index in [1.54, 1.807) is 16.4 Å². The number of rotatable bonds is 4. The molecule has 0 N–H and O–H groups in total. The van der Waals surface area contributed by atoms with Crippen LogP contribution < -0.4 is 4.90 Å². The summed E-state index contributed by atoms with van der Waals surface area (Å²) in [7, 11) is 0.417. The van der Waals surface area contributed by atoms with Crippen LogP contribution in [0.5, 0.6) is 0 Å². The van der Waals surface area contributed by atoms with Crippen molar-refractivity contribution in [2.45, 2.75) is 37.6 Å². The van der Waals surface area contributed by atoms with Crippen molar-refractivity contribution in [3.8, 4) is 0 Å². The molecule has 6 heteroatoms. The number of aromatic nitrogens is 1. The van der Waals surface area contributed by atoms with Gasteiger partial charge in [0.2, 0.25) is 10.0 Å². The average Bonchev–Trinajstić information content (AvgIpc) is 3.05. The number of hydrogen-bond donors (Lipinski definition) is 0. The molecule has 0 spiro atoms. The summed E-state index contributed by atoms with van der Waals surface area (Å²) in [6.45, 7) is 4.52. The fourth-order valence-corrected chi connectivity index (χ4v) is 5.13. The van der Waals surface area contributed by atoms with Crippen LogP contribution in [0.1, 0.15) is 35.6 Å². The third-order valence-electron chi connectivity index (χ3n) is 4.71. The highest BCUT2D eigenvalue weighted by molar-refractivity contribution is 7.89. The summed E-state index contributed by atoms with van der Waals surface area (Å²) in [5.74, 6) is 0.912. The molecule has 1 fully saturated rings. The summed E-state index contributed by atoms with van der Waals surface area (Å²) in [5.41, 5.74) is 3.08. The van der Waals surface area contributed by atoms with Crippen LogP contribution in [0.4, 0.5) is 5.82 Å². The number of pyridine rings is 1. The zero-order valence-electron chi connectivity index (χ0n) is 15.2. The molecule has 1 aliphatic heterocycles. The Kier molecular flexibility index (Phi) is 4.84. The molecular formula is C19H25N3O2S. The van der Waals surface area contributed by atoms with E-state index in [1.807, 2.05) is 51.2 Å². The van der Waals surface area contributed by atoms with E-state index in [9.17, 15) is 8.42 Å². The van der Waals surface area contributed by atoms with Crippen molar-refractivity contribution in [1.82, 2.24) is 9.29 Å². The van der Waals surface area contributed by atoms with Crippen LogP contribution >= 0.6 is 0 Å². The Morgan fingerprint density at radius 2 is 1.84 bits per heavy atom. The Morgan fingerprint density at radius 1 is 1.16 bits per heavy atom. The second kappa shape index (κ2) is 6.77. The summed E-state index contributed by atoms with van der Waals surface area (Å²) in [6.07, 6.45) is 3.51. The van der Waals surface area contributed by atoms with Crippen molar-refractivity contribution in [2.75, 3.05) is 25.5 Å². The van der Waals surface area contributed by atoms with Gasteiger partial charge in [-0.2, -0.15) is 4.31 Å². The van der Waals surface area contributed by atoms with Crippen LogP contribution in [0.15, 0.2) is 41.4 Å². The molecule has 5 nitrogen and oxygen atoms in total. The van der Waals surface area contributed by atoms with Gasteiger partial charge in [0.25, 0.3) is 0 Å². The lowest BCUT2D eigenvalue weighted by Gasteiger charge is -2.25. The van der Waals surface area contributed by atoms with Gasteiger partial charge >= 0.3 is 0 Å². The normalized spacial score (nSPS) is 18.5. The maximum absolute atomic E-state index is 13.1. The van der Waals surface area contributed by atoms with E-state index in [1.165, 1.54) is 0 Å². The van der Waals surface area contributed by atoms with E-state index in [4.69, 9.17) is 0 Å². The quantitative estimate of drug-likeness (QED) is 0.841. The second-order valence-corrected chi connectivity index (χ2v) is 8.78. The van der Waals surface area contributed by atoms with Crippen LogP contribution in [-0.2, 0) is 10.0 Å². The molecule has 0 saturated carbocycles. The lowest BCUT2D eigenvalue weighted by atomic mass is 10.1. The molecule has 25 heavy (non-hydrogen) atoms. The van der Waals surface area contributed by atoms with Crippen molar-refractivity contribution in [1.29, 1.82) is 0 Å². The number of aryl methyl sites for hydroxylation is 2. The van der Waals surface area contributed by atoms with Gasteiger partial charge in [0, 0.05) is 26.8 Å². The fourth-order valence-electron chi connectivity index (χ4n) is 3.45. The van der Waals surface area contributed by atoms with Crippen LogP contribution in [0.25, 0.3) is 0 Å². The van der Waals surface area contributed by atoms with E-state index in [0.717, 1.165) is 35.3 Å². The molecule has 1 aromatic heterocycles. The molecule has 0 aliphatic carbocycles. The zero-order chi connectivity index (χ0) is 18.2. The molecule has 1 aromatic carbocycles. The first-order chi connectivity index (χ1) is 11.8. The molecule has 1 saturated heterocycles. The standard InChI is InChI=1S/C19H25N3O2S/c1-14-7-9-17(10-8-14)25(23,24)22-11-5-6-18(22)16-12-15(2)19(20-13-16)21(3)4/h7-10,12-13,18H,5-6,11H2,1-4H3/t18-/m0/s1. The van der Waals surface area contributed by atoms with E-state index in [2.05, 4.69) is 11.1 Å². The first-order valence-electron chi connectivity index (χ1n) is 8.53. The van der Waals surface area contributed by atoms with Crippen molar-refractivity contribution >= 4 is 15.8 Å². The van der Waals surface area contributed by atoms with Crippen molar-refractivity contribution in [2.24, 2.45) is 0 Å². The molecular weight excluding hydrogens is 334 g/mol. The van der Waals surface area contributed by atoms with Gasteiger partial charge in [-0.3, -0.25) is 0 Å². The minimum Gasteiger partial charge on any atom is -0.363 e. The van der Waals surface area contributed by atoms with Gasteiger partial charge in [0.1, 0.15) is 5.82 Å². The van der Waals surface area contributed by atoms with Gasteiger partial charge in [0.05, 0.1) is 10.9 Å². The Labute approximate surface area is 150 Å². The van der Waals surface area contributed by atoms with Crippen LogP contribution in [-0.4, -0.2) is 38.3 Å². The lowest BCUT2D eigenvalue weighted by molar-refractivity contribution is 0.396. The summed E-state index contributed by atoms with van der Waals surface area (Å²) in [5, 5.41) is 0. The highest BCUT2D eigenvalue weighted by Gasteiger charge is 2.36. The van der Waals surface area contributed by atoms with Gasteiger partial charge in [0.15, 0.2) is 0 Å². The summed E-state index contributed by atoms with van der Waals surface area (Å²) < 4.78 is 27.8. The van der Waals surface area contributed by atoms with E-state index in [0.29, 0.717) is 11.4 Å². The fraction of sp³-hybridized carbons (Fsp3) is 0.421. The van der Waals surface area contributed by atoms with Crippen LogP contribution in [0, 0.1) is 13.8 Å². The molecule has 0 unspecified atom stereocenters. The Morgan fingerprint density at radius 3 is 2.44 bits per heavy atom. The van der Waals surface area contributed by atoms with Gasteiger partial charge in [-0.1, -0.05) is 17.7 Å². The average molecular weight is 359 g/mol. The molecule has 0 bridgehead atoms. The molecule has 1 aliphatic rings. The highest BCUT2D eigenvalue weighted by Crippen LogP contribution is 2.37.